The fourth-order valence-corrected chi connectivity index (χ4v) is 2.60. The summed E-state index contributed by atoms with van der Waals surface area (Å²) < 4.78 is 7.12. The van der Waals surface area contributed by atoms with Crippen molar-refractivity contribution in [2.24, 2.45) is 5.73 Å². The van der Waals surface area contributed by atoms with Gasteiger partial charge in [-0.2, -0.15) is 0 Å². The van der Waals surface area contributed by atoms with Crippen molar-refractivity contribution in [3.8, 4) is 17.0 Å². The van der Waals surface area contributed by atoms with Gasteiger partial charge in [0, 0.05) is 24.7 Å². The Kier molecular flexibility index (Phi) is 5.88. The van der Waals surface area contributed by atoms with Gasteiger partial charge in [0.05, 0.1) is 12.8 Å². The largest absolute Gasteiger partial charge is 0.496 e. The van der Waals surface area contributed by atoms with Gasteiger partial charge in [0.2, 0.25) is 5.91 Å². The molecule has 0 aliphatic carbocycles. The molecule has 8 heteroatoms. The van der Waals surface area contributed by atoms with Crippen molar-refractivity contribution < 1.29 is 9.53 Å². The molecule has 0 radical (unpaired) electrons. The fraction of sp³-hybridized carbons (Fsp3) is 0.312. The molecule has 1 amide bonds. The number of hydrogen-bond donors (Lipinski definition) is 3. The summed E-state index contributed by atoms with van der Waals surface area (Å²) in [5.41, 5.74) is 7.27. The van der Waals surface area contributed by atoms with Crippen LogP contribution in [0.25, 0.3) is 11.3 Å². The number of methoxy groups -OCH3 is 1. The summed E-state index contributed by atoms with van der Waals surface area (Å²) in [5.74, 6) is 0.355. The number of carbonyl (C=O) groups excluding carboxylic acids is 1. The second-order valence-corrected chi connectivity index (χ2v) is 5.64. The van der Waals surface area contributed by atoms with Crippen molar-refractivity contribution in [2.75, 3.05) is 20.2 Å². The number of rotatable bonds is 6. The van der Waals surface area contributed by atoms with Crippen LogP contribution in [0.4, 0.5) is 0 Å². The number of aromatic amines is 1. The number of carbonyl (C=O) groups is 1. The van der Waals surface area contributed by atoms with E-state index in [9.17, 15) is 9.59 Å². The van der Waals surface area contributed by atoms with Gasteiger partial charge in [0.15, 0.2) is 4.77 Å². The van der Waals surface area contributed by atoms with Crippen LogP contribution in [0.3, 0.4) is 0 Å². The van der Waals surface area contributed by atoms with Crippen molar-refractivity contribution in [1.82, 2.24) is 14.9 Å². The van der Waals surface area contributed by atoms with Gasteiger partial charge in [-0.1, -0.05) is 11.6 Å². The van der Waals surface area contributed by atoms with E-state index in [0.29, 0.717) is 30.1 Å². The van der Waals surface area contributed by atoms with Crippen LogP contribution in [0.2, 0.25) is 0 Å². The Morgan fingerprint density at radius 3 is 2.83 bits per heavy atom. The average Bonchev–Trinajstić information content (AvgIpc) is 2.55. The molecule has 0 atom stereocenters. The van der Waals surface area contributed by atoms with Crippen LogP contribution in [-0.2, 0) is 11.3 Å². The SMILES string of the molecule is COc1ccc(C)cc1-c1cc(=O)[nH]c(=S)n1CC(=O)NCCN. The number of nitrogens with two attached hydrogens (primary N) is 1. The summed E-state index contributed by atoms with van der Waals surface area (Å²) in [6, 6.07) is 7.01. The topological polar surface area (TPSA) is 102 Å². The number of nitrogens with one attached hydrogen (secondary N) is 2. The lowest BCUT2D eigenvalue weighted by atomic mass is 10.1. The van der Waals surface area contributed by atoms with Crippen LogP contribution in [0.1, 0.15) is 5.56 Å². The van der Waals surface area contributed by atoms with Crippen molar-refractivity contribution in [1.29, 1.82) is 0 Å². The molecule has 0 aliphatic rings. The van der Waals surface area contributed by atoms with Crippen LogP contribution in [0, 0.1) is 11.7 Å². The van der Waals surface area contributed by atoms with Crippen molar-refractivity contribution in [3.63, 3.8) is 0 Å². The summed E-state index contributed by atoms with van der Waals surface area (Å²) in [4.78, 5) is 26.5. The smallest absolute Gasteiger partial charge is 0.252 e. The average molecular weight is 348 g/mol. The second-order valence-electron chi connectivity index (χ2n) is 5.25. The van der Waals surface area contributed by atoms with Crippen molar-refractivity contribution >= 4 is 18.1 Å². The van der Waals surface area contributed by atoms with E-state index >= 15 is 0 Å². The highest BCUT2D eigenvalue weighted by molar-refractivity contribution is 7.71. The van der Waals surface area contributed by atoms with E-state index in [1.807, 2.05) is 25.1 Å². The Morgan fingerprint density at radius 1 is 1.42 bits per heavy atom. The number of benzene rings is 1. The third-order valence-electron chi connectivity index (χ3n) is 3.43. The zero-order chi connectivity index (χ0) is 17.7. The maximum Gasteiger partial charge on any atom is 0.252 e. The summed E-state index contributed by atoms with van der Waals surface area (Å²) in [5, 5.41) is 2.69. The van der Waals surface area contributed by atoms with Crippen molar-refractivity contribution in [3.05, 3.63) is 45.0 Å². The van der Waals surface area contributed by atoms with E-state index in [4.69, 9.17) is 22.7 Å². The highest BCUT2D eigenvalue weighted by Gasteiger charge is 2.14. The van der Waals surface area contributed by atoms with Crippen LogP contribution in [0.15, 0.2) is 29.1 Å². The van der Waals surface area contributed by atoms with Gasteiger partial charge in [-0.3, -0.25) is 14.6 Å². The zero-order valence-electron chi connectivity index (χ0n) is 13.6. The van der Waals surface area contributed by atoms with Crippen LogP contribution in [0.5, 0.6) is 5.75 Å². The highest BCUT2D eigenvalue weighted by atomic mass is 32.1. The lowest BCUT2D eigenvalue weighted by Gasteiger charge is -2.16. The fourth-order valence-electron chi connectivity index (χ4n) is 2.33. The number of amides is 1. The molecule has 0 aliphatic heterocycles. The highest BCUT2D eigenvalue weighted by Crippen LogP contribution is 2.30. The molecule has 7 nitrogen and oxygen atoms in total. The van der Waals surface area contributed by atoms with Gasteiger partial charge in [-0.05, 0) is 31.3 Å². The molecular weight excluding hydrogens is 328 g/mol. The van der Waals surface area contributed by atoms with E-state index in [1.165, 1.54) is 6.07 Å². The first-order valence-corrected chi connectivity index (χ1v) is 7.83. The first-order valence-electron chi connectivity index (χ1n) is 7.42. The van der Waals surface area contributed by atoms with Gasteiger partial charge < -0.3 is 20.4 Å². The van der Waals surface area contributed by atoms with Gasteiger partial charge in [-0.25, -0.2) is 0 Å². The first-order chi connectivity index (χ1) is 11.5. The molecule has 2 aromatic rings. The molecule has 0 bridgehead atoms. The van der Waals surface area contributed by atoms with E-state index in [0.717, 1.165) is 5.56 Å². The summed E-state index contributed by atoms with van der Waals surface area (Å²) in [6.45, 7) is 2.63. The van der Waals surface area contributed by atoms with Gasteiger partial charge in [0.25, 0.3) is 5.56 Å². The molecule has 1 heterocycles. The van der Waals surface area contributed by atoms with E-state index < -0.39 is 0 Å². The number of hydrogen-bond acceptors (Lipinski definition) is 5. The van der Waals surface area contributed by atoms with Gasteiger partial charge >= 0.3 is 0 Å². The molecule has 1 aromatic heterocycles. The number of aryl methyl sites for hydroxylation is 1. The van der Waals surface area contributed by atoms with Crippen molar-refractivity contribution in [2.45, 2.75) is 13.5 Å². The Labute approximate surface area is 144 Å². The summed E-state index contributed by atoms with van der Waals surface area (Å²) in [6.07, 6.45) is 0. The molecule has 0 unspecified atom stereocenters. The lowest BCUT2D eigenvalue weighted by Crippen LogP contribution is -2.33. The normalized spacial score (nSPS) is 10.5. The predicted molar refractivity (Wildman–Crippen MR) is 94.7 cm³/mol. The Hall–Kier alpha value is -2.45. The van der Waals surface area contributed by atoms with E-state index in [-0.39, 0.29) is 22.8 Å². The maximum absolute atomic E-state index is 12.1. The molecule has 128 valence electrons. The number of ether oxygens (including phenoxy) is 1. The van der Waals surface area contributed by atoms with Gasteiger partial charge in [0.1, 0.15) is 12.3 Å². The quantitative estimate of drug-likeness (QED) is 0.675. The molecule has 1 aromatic carbocycles. The summed E-state index contributed by atoms with van der Waals surface area (Å²) in [7, 11) is 1.55. The standard InChI is InChI=1S/C16H20N4O3S/c1-10-3-4-13(23-2)11(7-10)12-8-14(21)19-16(24)20(12)9-15(22)18-6-5-17/h3-4,7-8H,5-6,9,17H2,1-2H3,(H,18,22)(H,19,21,24). The number of H-pyrrole nitrogens is 1. The number of aromatic nitrogens is 2. The van der Waals surface area contributed by atoms with Crippen LogP contribution >= 0.6 is 12.2 Å². The van der Waals surface area contributed by atoms with E-state index in [2.05, 4.69) is 10.3 Å². The Bertz CT molecular complexity index is 857. The minimum absolute atomic E-state index is 0.0258. The molecule has 0 fully saturated rings. The lowest BCUT2D eigenvalue weighted by molar-refractivity contribution is -0.121. The summed E-state index contributed by atoms with van der Waals surface area (Å²) >= 11 is 5.23. The minimum atomic E-state index is -0.336. The Balaban J connectivity index is 2.58. The second kappa shape index (κ2) is 7.89. The molecule has 0 saturated carbocycles. The third-order valence-corrected chi connectivity index (χ3v) is 3.76. The Morgan fingerprint density at radius 2 is 2.17 bits per heavy atom. The monoisotopic (exact) mass is 348 g/mol. The molecule has 0 spiro atoms. The van der Waals surface area contributed by atoms with Crippen LogP contribution < -0.4 is 21.3 Å². The van der Waals surface area contributed by atoms with Gasteiger partial charge in [-0.15, -0.1) is 0 Å². The zero-order valence-corrected chi connectivity index (χ0v) is 14.4. The molecule has 0 saturated heterocycles. The first kappa shape index (κ1) is 17.9. The minimum Gasteiger partial charge on any atom is -0.496 e. The molecule has 24 heavy (non-hydrogen) atoms. The third kappa shape index (κ3) is 4.09. The number of nitrogens with zero attached hydrogens (tertiary/aromatic N) is 1. The van der Waals surface area contributed by atoms with E-state index in [1.54, 1.807) is 11.7 Å². The molecule has 2 rings (SSSR count). The molecule has 4 N–H and O–H groups in total. The predicted octanol–water partition coefficient (Wildman–Crippen LogP) is 0.965. The molecular formula is C16H20N4O3S. The van der Waals surface area contributed by atoms with Crippen LogP contribution in [-0.4, -0.2) is 35.7 Å². The maximum atomic E-state index is 12.1.